The number of amides is 3. The summed E-state index contributed by atoms with van der Waals surface area (Å²) in [5.41, 5.74) is 6.70. The van der Waals surface area contributed by atoms with Crippen LogP contribution < -0.4 is 31.0 Å². The molecule has 0 heterocycles. The van der Waals surface area contributed by atoms with Gasteiger partial charge in [0.15, 0.2) is 11.5 Å². The van der Waals surface area contributed by atoms with Crippen LogP contribution in [0.4, 0.5) is 5.69 Å². The number of nitrogens with zero attached hydrogens (tertiary/aromatic N) is 1. The highest BCUT2D eigenvalue weighted by molar-refractivity contribution is 6.00. The van der Waals surface area contributed by atoms with Crippen molar-refractivity contribution in [2.75, 3.05) is 20.8 Å². The fourth-order valence-electron chi connectivity index (χ4n) is 4.86. The van der Waals surface area contributed by atoms with Crippen LogP contribution in [-0.2, 0) is 16.0 Å². The van der Waals surface area contributed by atoms with E-state index in [2.05, 4.69) is 21.5 Å². The zero-order valence-electron chi connectivity index (χ0n) is 25.9. The van der Waals surface area contributed by atoms with Crippen LogP contribution in [0.3, 0.4) is 0 Å². The third-order valence-electron chi connectivity index (χ3n) is 7.39. The second-order valence-corrected chi connectivity index (χ2v) is 10.6. The molecule has 4 rings (SSSR count). The van der Waals surface area contributed by atoms with Crippen molar-refractivity contribution in [1.29, 1.82) is 0 Å². The van der Waals surface area contributed by atoms with E-state index in [1.54, 1.807) is 19.1 Å². The minimum Gasteiger partial charge on any atom is -0.493 e. The quantitative estimate of drug-likeness (QED) is 0.0858. The lowest BCUT2D eigenvalue weighted by atomic mass is 10.0. The topological polar surface area (TPSA) is 161 Å². The van der Waals surface area contributed by atoms with Gasteiger partial charge in [-0.25, -0.2) is 5.43 Å². The first-order chi connectivity index (χ1) is 22.2. The maximum Gasteiger partial charge on any atom is 0.278 e. The highest BCUT2D eigenvalue weighted by Gasteiger charge is 2.26. The molecule has 2 atom stereocenters. The number of rotatable bonds is 15. The highest BCUT2D eigenvalue weighted by Crippen LogP contribution is 2.37. The largest absolute Gasteiger partial charge is 0.493 e. The summed E-state index contributed by atoms with van der Waals surface area (Å²) in [6.45, 7) is 1.80. The smallest absolute Gasteiger partial charge is 0.278 e. The number of nitro benzene ring substituents is 1. The first kappa shape index (κ1) is 33.4. The van der Waals surface area contributed by atoms with Crippen molar-refractivity contribution in [3.8, 4) is 11.5 Å². The Morgan fingerprint density at radius 2 is 1.63 bits per heavy atom. The Kier molecular flexibility index (Phi) is 11.6. The van der Waals surface area contributed by atoms with Gasteiger partial charge in [0.05, 0.1) is 36.3 Å². The van der Waals surface area contributed by atoms with Gasteiger partial charge in [-0.1, -0.05) is 60.7 Å². The van der Waals surface area contributed by atoms with E-state index >= 15 is 0 Å². The van der Waals surface area contributed by atoms with Crippen LogP contribution in [0.15, 0.2) is 84.9 Å². The number of hydrazine groups is 1. The Hall–Kier alpha value is -5.49. The number of fused-ring (bicyclic) bond motifs is 1. The predicted octanol–water partition coefficient (Wildman–Crippen LogP) is 4.38. The van der Waals surface area contributed by atoms with E-state index in [4.69, 9.17) is 9.47 Å². The van der Waals surface area contributed by atoms with Gasteiger partial charge in [0.25, 0.3) is 17.5 Å². The van der Waals surface area contributed by atoms with Gasteiger partial charge in [-0.3, -0.25) is 29.9 Å². The number of carbonyl (C=O) groups is 3. The normalized spacial score (nSPS) is 12.1. The molecule has 0 saturated carbocycles. The zero-order valence-corrected chi connectivity index (χ0v) is 25.9. The molecule has 4 aromatic carbocycles. The number of ether oxygens (including phenoxy) is 2. The van der Waals surface area contributed by atoms with E-state index in [-0.39, 0.29) is 48.1 Å². The Morgan fingerprint density at radius 3 is 2.33 bits per heavy atom. The Bertz CT molecular complexity index is 1700. The summed E-state index contributed by atoms with van der Waals surface area (Å²) in [4.78, 5) is 49.7. The van der Waals surface area contributed by atoms with Crippen LogP contribution in [-0.4, -0.2) is 49.5 Å². The average Bonchev–Trinajstić information content (AvgIpc) is 3.08. The first-order valence-electron chi connectivity index (χ1n) is 14.8. The maximum atomic E-state index is 13.5. The molecule has 0 spiro atoms. The minimum absolute atomic E-state index is 0.141. The van der Waals surface area contributed by atoms with E-state index in [1.807, 2.05) is 60.7 Å². The van der Waals surface area contributed by atoms with Crippen molar-refractivity contribution in [1.82, 2.24) is 21.5 Å². The second kappa shape index (κ2) is 16.0. The number of methoxy groups -OCH3 is 1. The standard InChI is InChI=1S/C34H37N5O7/c1-22(27-20-30(45-3)31(21-29(27)39(43)44)46-17-9-14-32(40)35-2)37-38-34(42)28(18-23-10-5-4-6-11-23)36-33(41)26-16-15-24-12-7-8-13-25(24)19-26/h4-8,10-13,15-16,19-22,28,37H,9,14,17-18H2,1-3H3,(H,35,40)(H,36,41)(H,38,42)/t22?,28-/m0/s1. The van der Waals surface area contributed by atoms with Crippen LogP contribution in [0.2, 0.25) is 0 Å². The summed E-state index contributed by atoms with van der Waals surface area (Å²) in [6, 6.07) is 23.3. The number of nitrogens with one attached hydrogen (secondary N) is 4. The molecule has 0 aromatic heterocycles. The second-order valence-electron chi connectivity index (χ2n) is 10.6. The van der Waals surface area contributed by atoms with Crippen molar-refractivity contribution in [3.63, 3.8) is 0 Å². The molecule has 0 aliphatic carbocycles. The van der Waals surface area contributed by atoms with Crippen LogP contribution in [0.5, 0.6) is 11.5 Å². The summed E-state index contributed by atoms with van der Waals surface area (Å²) in [6.07, 6.45) is 0.861. The maximum absolute atomic E-state index is 13.5. The van der Waals surface area contributed by atoms with Crippen LogP contribution in [0.1, 0.15) is 47.3 Å². The van der Waals surface area contributed by atoms with Crippen molar-refractivity contribution >= 4 is 34.2 Å². The molecule has 1 unspecified atom stereocenters. The van der Waals surface area contributed by atoms with E-state index < -0.39 is 28.8 Å². The monoisotopic (exact) mass is 627 g/mol. The van der Waals surface area contributed by atoms with Crippen molar-refractivity contribution < 1.29 is 28.8 Å². The SMILES string of the molecule is CNC(=O)CCCOc1cc([N+](=O)[O-])c(C(C)NNC(=O)[C@H](Cc2ccccc2)NC(=O)c2ccc3ccccc3c2)cc1OC. The van der Waals surface area contributed by atoms with Gasteiger partial charge in [0.2, 0.25) is 5.91 Å². The summed E-state index contributed by atoms with van der Waals surface area (Å²) in [5, 5.41) is 19.3. The number of nitro groups is 1. The van der Waals surface area contributed by atoms with Gasteiger partial charge in [0.1, 0.15) is 6.04 Å². The molecular formula is C34H37N5O7. The number of carbonyl (C=O) groups excluding carboxylic acids is 3. The summed E-state index contributed by atoms with van der Waals surface area (Å²) in [7, 11) is 2.95. The number of hydrogen-bond acceptors (Lipinski definition) is 8. The Balaban J connectivity index is 1.49. The molecule has 4 aromatic rings. The minimum atomic E-state index is -0.962. The van der Waals surface area contributed by atoms with E-state index in [9.17, 15) is 24.5 Å². The molecule has 0 saturated heterocycles. The van der Waals surface area contributed by atoms with E-state index in [0.717, 1.165) is 16.3 Å². The van der Waals surface area contributed by atoms with Gasteiger partial charge in [0, 0.05) is 25.5 Å². The molecular weight excluding hydrogens is 590 g/mol. The molecule has 0 aliphatic rings. The molecule has 240 valence electrons. The van der Waals surface area contributed by atoms with E-state index in [1.165, 1.54) is 26.3 Å². The van der Waals surface area contributed by atoms with Crippen LogP contribution in [0.25, 0.3) is 10.8 Å². The molecule has 4 N–H and O–H groups in total. The van der Waals surface area contributed by atoms with Gasteiger partial charge in [-0.15, -0.1) is 0 Å². The molecule has 0 radical (unpaired) electrons. The highest BCUT2D eigenvalue weighted by atomic mass is 16.6. The molecule has 0 aliphatic heterocycles. The molecule has 46 heavy (non-hydrogen) atoms. The average molecular weight is 628 g/mol. The molecule has 3 amide bonds. The summed E-state index contributed by atoms with van der Waals surface area (Å²) >= 11 is 0. The summed E-state index contributed by atoms with van der Waals surface area (Å²) in [5.74, 6) is -0.676. The molecule has 0 bridgehead atoms. The van der Waals surface area contributed by atoms with Gasteiger partial charge in [-0.2, -0.15) is 0 Å². The van der Waals surface area contributed by atoms with Crippen LogP contribution >= 0.6 is 0 Å². The van der Waals surface area contributed by atoms with Crippen molar-refractivity contribution in [2.24, 2.45) is 0 Å². The van der Waals surface area contributed by atoms with Crippen LogP contribution in [0, 0.1) is 10.1 Å². The van der Waals surface area contributed by atoms with Crippen molar-refractivity contribution in [2.45, 2.75) is 38.3 Å². The number of benzene rings is 4. The zero-order chi connectivity index (χ0) is 33.1. The Labute approximate surface area is 266 Å². The number of hydrogen-bond donors (Lipinski definition) is 4. The fraction of sp³-hybridized carbons (Fsp3) is 0.265. The molecule has 0 fully saturated rings. The lowest BCUT2D eigenvalue weighted by Crippen LogP contribution is -2.52. The predicted molar refractivity (Wildman–Crippen MR) is 173 cm³/mol. The fourth-order valence-corrected chi connectivity index (χ4v) is 4.86. The lowest BCUT2D eigenvalue weighted by molar-refractivity contribution is -0.385. The van der Waals surface area contributed by atoms with E-state index in [0.29, 0.717) is 12.0 Å². The van der Waals surface area contributed by atoms with Gasteiger partial charge >= 0.3 is 0 Å². The Morgan fingerprint density at radius 1 is 0.913 bits per heavy atom. The lowest BCUT2D eigenvalue weighted by Gasteiger charge is -2.22. The summed E-state index contributed by atoms with van der Waals surface area (Å²) < 4.78 is 11.1. The third kappa shape index (κ3) is 8.79. The van der Waals surface area contributed by atoms with Gasteiger partial charge < -0.3 is 20.1 Å². The molecule has 12 heteroatoms. The van der Waals surface area contributed by atoms with Gasteiger partial charge in [-0.05, 0) is 47.9 Å². The van der Waals surface area contributed by atoms with Crippen molar-refractivity contribution in [3.05, 3.63) is 112 Å². The first-order valence-corrected chi connectivity index (χ1v) is 14.8. The molecule has 12 nitrogen and oxygen atoms in total. The third-order valence-corrected chi connectivity index (χ3v) is 7.39.